The molecule has 0 saturated heterocycles. The van der Waals surface area contributed by atoms with Gasteiger partial charge in [0.15, 0.2) is 5.16 Å². The van der Waals surface area contributed by atoms with E-state index < -0.39 is 0 Å². The van der Waals surface area contributed by atoms with E-state index in [1.165, 1.54) is 30.7 Å². The largest absolute Gasteiger partial charge is 0.367 e. The molecule has 6 heteroatoms. The van der Waals surface area contributed by atoms with E-state index in [9.17, 15) is 4.39 Å². The number of benzene rings is 1. The molecule has 0 atom stereocenters. The monoisotopic (exact) mass is 337 g/mol. The second-order valence-corrected chi connectivity index (χ2v) is 6.46. The summed E-state index contributed by atoms with van der Waals surface area (Å²) in [5.41, 5.74) is 0.977. The lowest BCUT2D eigenvalue weighted by molar-refractivity contribution is 0.631. The fourth-order valence-electron chi connectivity index (χ4n) is 2.78. The number of rotatable bonds is 4. The molecule has 0 aliphatic heterocycles. The van der Waals surface area contributed by atoms with E-state index in [2.05, 4.69) is 15.3 Å². The van der Waals surface area contributed by atoms with E-state index in [0.29, 0.717) is 28.1 Å². The molecule has 1 heterocycles. The van der Waals surface area contributed by atoms with Crippen LogP contribution in [0.3, 0.4) is 0 Å². The van der Waals surface area contributed by atoms with Gasteiger partial charge >= 0.3 is 0 Å². The van der Waals surface area contributed by atoms with E-state index in [1.54, 1.807) is 18.2 Å². The van der Waals surface area contributed by atoms with Crippen LogP contribution in [0.25, 0.3) is 11.1 Å². The molecule has 3 nitrogen and oxygen atoms in total. The minimum atomic E-state index is -0.320. The Morgan fingerprint density at radius 1 is 1.23 bits per heavy atom. The van der Waals surface area contributed by atoms with Gasteiger partial charge in [-0.15, -0.1) is 0 Å². The Morgan fingerprint density at radius 3 is 2.64 bits per heavy atom. The van der Waals surface area contributed by atoms with E-state index in [4.69, 9.17) is 11.6 Å². The number of hydrogen-bond donors (Lipinski definition) is 1. The first-order valence-electron chi connectivity index (χ1n) is 7.32. The lowest BCUT2D eigenvalue weighted by atomic mass is 10.1. The molecule has 2 aromatic rings. The number of thioether (sulfide) groups is 1. The Bertz CT molecular complexity index is 674. The van der Waals surface area contributed by atoms with Crippen molar-refractivity contribution in [3.05, 3.63) is 35.2 Å². The highest BCUT2D eigenvalue weighted by Gasteiger charge is 2.22. The van der Waals surface area contributed by atoms with Gasteiger partial charge in [-0.25, -0.2) is 14.4 Å². The standard InChI is InChI=1S/C16H17ClFN3S/c1-22-16-20-14(17)13(11-8-4-5-9-12(11)18)15(21-16)19-10-6-2-3-7-10/h4-5,8-10H,2-3,6-7H2,1H3,(H,19,20,21). The van der Waals surface area contributed by atoms with Crippen molar-refractivity contribution in [2.24, 2.45) is 0 Å². The van der Waals surface area contributed by atoms with Crippen molar-refractivity contribution in [1.29, 1.82) is 0 Å². The van der Waals surface area contributed by atoms with Crippen LogP contribution in [0.2, 0.25) is 5.15 Å². The van der Waals surface area contributed by atoms with E-state index in [0.717, 1.165) is 12.8 Å². The van der Waals surface area contributed by atoms with Crippen LogP contribution in [0.15, 0.2) is 29.4 Å². The van der Waals surface area contributed by atoms with E-state index in [-0.39, 0.29) is 11.0 Å². The Morgan fingerprint density at radius 2 is 1.95 bits per heavy atom. The van der Waals surface area contributed by atoms with Crippen LogP contribution in [0.5, 0.6) is 0 Å². The zero-order valence-corrected chi connectivity index (χ0v) is 13.8. The maximum atomic E-state index is 14.2. The molecule has 1 aromatic carbocycles. The third kappa shape index (κ3) is 3.20. The molecule has 3 rings (SSSR count). The Labute approximate surface area is 138 Å². The average molecular weight is 338 g/mol. The van der Waals surface area contributed by atoms with E-state index >= 15 is 0 Å². The summed E-state index contributed by atoms with van der Waals surface area (Å²) in [6.07, 6.45) is 6.52. The molecule has 0 amide bonds. The van der Waals surface area contributed by atoms with Crippen LogP contribution < -0.4 is 5.32 Å². The molecule has 0 bridgehead atoms. The van der Waals surface area contributed by atoms with Gasteiger partial charge in [-0.05, 0) is 25.2 Å². The van der Waals surface area contributed by atoms with Crippen molar-refractivity contribution in [3.63, 3.8) is 0 Å². The number of aromatic nitrogens is 2. The molecule has 1 saturated carbocycles. The van der Waals surface area contributed by atoms with Crippen molar-refractivity contribution in [1.82, 2.24) is 9.97 Å². The maximum Gasteiger partial charge on any atom is 0.190 e. The predicted molar refractivity (Wildman–Crippen MR) is 90.1 cm³/mol. The van der Waals surface area contributed by atoms with Gasteiger partial charge in [0.25, 0.3) is 0 Å². The van der Waals surface area contributed by atoms with Gasteiger partial charge in [-0.3, -0.25) is 0 Å². The first-order chi connectivity index (χ1) is 10.7. The lowest BCUT2D eigenvalue weighted by Gasteiger charge is -2.18. The molecule has 1 fully saturated rings. The Balaban J connectivity index is 2.08. The van der Waals surface area contributed by atoms with Crippen LogP contribution in [0, 0.1) is 5.82 Å². The molecule has 22 heavy (non-hydrogen) atoms. The van der Waals surface area contributed by atoms with Crippen molar-refractivity contribution >= 4 is 29.2 Å². The smallest absolute Gasteiger partial charge is 0.190 e. The molecule has 1 aliphatic rings. The molecule has 0 radical (unpaired) electrons. The van der Waals surface area contributed by atoms with Crippen LogP contribution in [0.1, 0.15) is 25.7 Å². The maximum absolute atomic E-state index is 14.2. The molecule has 0 spiro atoms. The van der Waals surface area contributed by atoms with Gasteiger partial charge in [-0.1, -0.05) is 54.4 Å². The highest BCUT2D eigenvalue weighted by Crippen LogP contribution is 2.36. The summed E-state index contributed by atoms with van der Waals surface area (Å²) in [6, 6.07) is 6.95. The second-order valence-electron chi connectivity index (χ2n) is 5.33. The summed E-state index contributed by atoms with van der Waals surface area (Å²) in [7, 11) is 0. The van der Waals surface area contributed by atoms with Gasteiger partial charge < -0.3 is 5.32 Å². The topological polar surface area (TPSA) is 37.8 Å². The molecule has 1 N–H and O–H groups in total. The second kappa shape index (κ2) is 6.84. The van der Waals surface area contributed by atoms with Gasteiger partial charge in [-0.2, -0.15) is 0 Å². The highest BCUT2D eigenvalue weighted by molar-refractivity contribution is 7.98. The van der Waals surface area contributed by atoms with Gasteiger partial charge in [0.05, 0.1) is 5.56 Å². The van der Waals surface area contributed by atoms with Crippen molar-refractivity contribution in [2.45, 2.75) is 36.9 Å². The summed E-state index contributed by atoms with van der Waals surface area (Å²) in [6.45, 7) is 0. The minimum absolute atomic E-state index is 0.282. The highest BCUT2D eigenvalue weighted by atomic mass is 35.5. The molecular weight excluding hydrogens is 321 g/mol. The summed E-state index contributed by atoms with van der Waals surface area (Å²) in [5.74, 6) is 0.306. The van der Waals surface area contributed by atoms with Gasteiger partial charge in [0, 0.05) is 11.6 Å². The van der Waals surface area contributed by atoms with Crippen LogP contribution in [0.4, 0.5) is 10.2 Å². The van der Waals surface area contributed by atoms with Crippen LogP contribution in [-0.4, -0.2) is 22.3 Å². The fourth-order valence-corrected chi connectivity index (χ4v) is 3.46. The first kappa shape index (κ1) is 15.6. The van der Waals surface area contributed by atoms with Crippen molar-refractivity contribution in [3.8, 4) is 11.1 Å². The summed E-state index contributed by atoms with van der Waals surface area (Å²) in [5, 5.41) is 4.31. The average Bonchev–Trinajstić information content (AvgIpc) is 3.01. The lowest BCUT2D eigenvalue weighted by Crippen LogP contribution is -2.17. The number of nitrogens with one attached hydrogen (secondary N) is 1. The zero-order chi connectivity index (χ0) is 15.5. The van der Waals surface area contributed by atoms with Crippen LogP contribution in [-0.2, 0) is 0 Å². The van der Waals surface area contributed by atoms with Crippen molar-refractivity contribution in [2.75, 3.05) is 11.6 Å². The Kier molecular flexibility index (Phi) is 4.84. The van der Waals surface area contributed by atoms with Crippen LogP contribution >= 0.6 is 23.4 Å². The zero-order valence-electron chi connectivity index (χ0n) is 12.3. The predicted octanol–water partition coefficient (Wildman–Crippen LogP) is 5.01. The molecule has 116 valence electrons. The SMILES string of the molecule is CSc1nc(Cl)c(-c2ccccc2F)c(NC2CCCC2)n1. The Hall–Kier alpha value is -1.33. The third-order valence-electron chi connectivity index (χ3n) is 3.87. The number of anilines is 1. The summed E-state index contributed by atoms with van der Waals surface area (Å²) >= 11 is 7.76. The van der Waals surface area contributed by atoms with Crippen molar-refractivity contribution < 1.29 is 4.39 Å². The first-order valence-corrected chi connectivity index (χ1v) is 8.92. The van der Waals surface area contributed by atoms with E-state index in [1.807, 2.05) is 6.26 Å². The fraction of sp³-hybridized carbons (Fsp3) is 0.375. The quantitative estimate of drug-likeness (QED) is 0.483. The normalized spacial score (nSPS) is 15.2. The molecule has 1 aromatic heterocycles. The summed E-state index contributed by atoms with van der Waals surface area (Å²) in [4.78, 5) is 8.78. The molecule has 0 unspecified atom stereocenters. The number of nitrogens with zero attached hydrogens (tertiary/aromatic N) is 2. The van der Waals surface area contributed by atoms with Gasteiger partial charge in [0.2, 0.25) is 0 Å². The number of halogens is 2. The summed E-state index contributed by atoms with van der Waals surface area (Å²) < 4.78 is 14.2. The minimum Gasteiger partial charge on any atom is -0.367 e. The number of hydrogen-bond acceptors (Lipinski definition) is 4. The third-order valence-corrected chi connectivity index (χ3v) is 4.69. The molecule has 1 aliphatic carbocycles. The van der Waals surface area contributed by atoms with Gasteiger partial charge in [0.1, 0.15) is 16.8 Å². The molecular formula is C16H17ClFN3S.